The minimum atomic E-state index is -1.73. The Labute approximate surface area is 148 Å². The average molecular weight is 393 g/mol. The summed E-state index contributed by atoms with van der Waals surface area (Å²) < 4.78 is 7.30. The fourth-order valence-electron chi connectivity index (χ4n) is 1.84. The second-order valence-corrected chi connectivity index (χ2v) is 13.0. The number of pyridine rings is 1. The number of anilines is 2. The Bertz CT molecular complexity index is 668. The molecular weight excluding hydrogens is 368 g/mol. The second-order valence-electron chi connectivity index (χ2n) is 7.23. The normalized spacial score (nSPS) is 12.3. The van der Waals surface area contributed by atoms with Crippen LogP contribution in [0.5, 0.6) is 0 Å². The van der Waals surface area contributed by atoms with Crippen LogP contribution in [-0.4, -0.2) is 13.3 Å². The van der Waals surface area contributed by atoms with Gasteiger partial charge < -0.3 is 9.74 Å². The van der Waals surface area contributed by atoms with Crippen LogP contribution < -0.4 is 5.32 Å². The lowest BCUT2D eigenvalue weighted by Crippen LogP contribution is -2.40. The van der Waals surface area contributed by atoms with Crippen LogP contribution in [0, 0.1) is 0 Å². The molecule has 2 rings (SSSR count). The molecule has 5 heteroatoms. The molecule has 0 unspecified atom stereocenters. The highest BCUT2D eigenvalue weighted by molar-refractivity contribution is 9.10. The van der Waals surface area contributed by atoms with Crippen molar-refractivity contribution in [1.29, 1.82) is 0 Å². The van der Waals surface area contributed by atoms with Crippen molar-refractivity contribution in [2.45, 2.75) is 45.5 Å². The summed E-state index contributed by atoms with van der Waals surface area (Å²) in [6, 6.07) is 12.2. The summed E-state index contributed by atoms with van der Waals surface area (Å²) >= 11 is 3.46. The second kappa shape index (κ2) is 7.15. The van der Waals surface area contributed by atoms with E-state index in [2.05, 4.69) is 72.2 Å². The number of rotatable bonds is 5. The first-order valence-corrected chi connectivity index (χ1v) is 11.5. The van der Waals surface area contributed by atoms with E-state index in [-0.39, 0.29) is 5.04 Å². The smallest absolute Gasteiger partial charge is 0.192 e. The van der Waals surface area contributed by atoms with Gasteiger partial charge in [-0.25, -0.2) is 4.98 Å². The Morgan fingerprint density at radius 3 is 2.57 bits per heavy atom. The van der Waals surface area contributed by atoms with Gasteiger partial charge >= 0.3 is 0 Å². The lowest BCUT2D eigenvalue weighted by Gasteiger charge is -2.36. The predicted octanol–water partition coefficient (Wildman–Crippen LogP) is 6.11. The Kier molecular flexibility index (Phi) is 5.65. The fraction of sp³-hybridized carbons (Fsp3) is 0.389. The molecule has 0 atom stereocenters. The van der Waals surface area contributed by atoms with Crippen molar-refractivity contribution < 1.29 is 4.43 Å². The summed E-state index contributed by atoms with van der Waals surface area (Å²) in [6.07, 6.45) is 1.77. The molecule has 0 spiro atoms. The molecule has 0 aliphatic heterocycles. The Morgan fingerprint density at radius 2 is 1.91 bits per heavy atom. The van der Waals surface area contributed by atoms with Crippen LogP contribution in [0.2, 0.25) is 18.1 Å². The SMILES string of the molecule is CC(C)(C)[Si](C)(C)OCc1cccc(Nc2cc(Br)ccn2)c1. The van der Waals surface area contributed by atoms with Gasteiger partial charge in [-0.15, -0.1) is 0 Å². The van der Waals surface area contributed by atoms with Crippen LogP contribution in [0.4, 0.5) is 11.5 Å². The first-order chi connectivity index (χ1) is 10.7. The maximum Gasteiger partial charge on any atom is 0.192 e. The first kappa shape index (κ1) is 18.2. The van der Waals surface area contributed by atoms with E-state index in [1.807, 2.05) is 24.3 Å². The molecule has 1 heterocycles. The van der Waals surface area contributed by atoms with E-state index in [0.717, 1.165) is 16.0 Å². The summed E-state index contributed by atoms with van der Waals surface area (Å²) in [5, 5.41) is 3.55. The van der Waals surface area contributed by atoms with Crippen molar-refractivity contribution in [2.75, 3.05) is 5.32 Å². The Morgan fingerprint density at radius 1 is 1.17 bits per heavy atom. The molecule has 1 N–H and O–H groups in total. The number of benzene rings is 1. The highest BCUT2D eigenvalue weighted by atomic mass is 79.9. The molecule has 0 saturated heterocycles. The van der Waals surface area contributed by atoms with Gasteiger partial charge in [-0.1, -0.05) is 48.8 Å². The van der Waals surface area contributed by atoms with Crippen LogP contribution in [-0.2, 0) is 11.0 Å². The highest BCUT2D eigenvalue weighted by Crippen LogP contribution is 2.37. The molecule has 2 aromatic rings. The third-order valence-corrected chi connectivity index (χ3v) is 9.30. The molecule has 0 aliphatic rings. The van der Waals surface area contributed by atoms with Crippen LogP contribution >= 0.6 is 15.9 Å². The zero-order valence-corrected chi connectivity index (χ0v) is 17.1. The number of hydrogen-bond donors (Lipinski definition) is 1. The molecule has 1 aromatic heterocycles. The predicted molar refractivity (Wildman–Crippen MR) is 104 cm³/mol. The number of nitrogens with one attached hydrogen (secondary N) is 1. The van der Waals surface area contributed by atoms with E-state index in [1.165, 1.54) is 5.56 Å². The summed E-state index contributed by atoms with van der Waals surface area (Å²) in [4.78, 5) is 4.32. The lowest BCUT2D eigenvalue weighted by molar-refractivity contribution is 0.276. The quantitative estimate of drug-likeness (QED) is 0.623. The van der Waals surface area contributed by atoms with E-state index in [4.69, 9.17) is 4.43 Å². The first-order valence-electron chi connectivity index (χ1n) is 7.79. The van der Waals surface area contributed by atoms with Crippen molar-refractivity contribution in [3.8, 4) is 0 Å². The van der Waals surface area contributed by atoms with E-state index in [1.54, 1.807) is 6.20 Å². The van der Waals surface area contributed by atoms with Crippen LogP contribution in [0.3, 0.4) is 0 Å². The van der Waals surface area contributed by atoms with Gasteiger partial charge in [-0.2, -0.15) is 0 Å². The molecule has 0 amide bonds. The van der Waals surface area contributed by atoms with Crippen molar-refractivity contribution in [3.63, 3.8) is 0 Å². The zero-order valence-electron chi connectivity index (χ0n) is 14.5. The van der Waals surface area contributed by atoms with Crippen molar-refractivity contribution in [1.82, 2.24) is 4.98 Å². The summed E-state index contributed by atoms with van der Waals surface area (Å²) in [6.45, 7) is 12.0. The van der Waals surface area contributed by atoms with E-state index >= 15 is 0 Å². The average Bonchev–Trinajstić information content (AvgIpc) is 2.44. The van der Waals surface area contributed by atoms with E-state index < -0.39 is 8.32 Å². The lowest BCUT2D eigenvalue weighted by atomic mass is 10.2. The van der Waals surface area contributed by atoms with E-state index in [9.17, 15) is 0 Å². The van der Waals surface area contributed by atoms with Gasteiger partial charge in [0.1, 0.15) is 5.82 Å². The minimum absolute atomic E-state index is 0.225. The van der Waals surface area contributed by atoms with Gasteiger partial charge in [0, 0.05) is 16.4 Å². The molecular formula is C18H25BrN2OSi. The third-order valence-electron chi connectivity index (χ3n) is 4.33. The molecule has 23 heavy (non-hydrogen) atoms. The summed E-state index contributed by atoms with van der Waals surface area (Å²) in [7, 11) is -1.73. The van der Waals surface area contributed by atoms with Gasteiger partial charge in [0.2, 0.25) is 0 Å². The standard InChI is InChI=1S/C18H25BrN2OSi/c1-18(2,3)23(4,5)22-13-14-7-6-8-16(11-14)21-17-12-15(19)9-10-20-17/h6-12H,13H2,1-5H3,(H,20,21). The van der Waals surface area contributed by atoms with Gasteiger partial charge in [0.25, 0.3) is 0 Å². The maximum absolute atomic E-state index is 6.29. The molecule has 0 bridgehead atoms. The zero-order chi connectivity index (χ0) is 17.1. The number of hydrogen-bond acceptors (Lipinski definition) is 3. The molecule has 3 nitrogen and oxygen atoms in total. The van der Waals surface area contributed by atoms with Gasteiger partial charge in [-0.05, 0) is 48.0 Å². The number of halogens is 1. The van der Waals surface area contributed by atoms with Crippen LogP contribution in [0.25, 0.3) is 0 Å². The molecule has 0 radical (unpaired) electrons. The van der Waals surface area contributed by atoms with Crippen molar-refractivity contribution in [2.24, 2.45) is 0 Å². The fourth-order valence-corrected chi connectivity index (χ4v) is 3.14. The molecule has 0 saturated carbocycles. The van der Waals surface area contributed by atoms with E-state index in [0.29, 0.717) is 6.61 Å². The molecule has 0 fully saturated rings. The Balaban J connectivity index is 2.05. The van der Waals surface area contributed by atoms with Gasteiger partial charge in [0.15, 0.2) is 8.32 Å². The minimum Gasteiger partial charge on any atom is -0.413 e. The van der Waals surface area contributed by atoms with Gasteiger partial charge in [0.05, 0.1) is 6.61 Å². The molecule has 124 valence electrons. The van der Waals surface area contributed by atoms with Crippen molar-refractivity contribution in [3.05, 3.63) is 52.6 Å². The summed E-state index contributed by atoms with van der Waals surface area (Å²) in [5.74, 6) is 0.821. The number of aromatic nitrogens is 1. The van der Waals surface area contributed by atoms with Crippen LogP contribution in [0.1, 0.15) is 26.3 Å². The maximum atomic E-state index is 6.29. The van der Waals surface area contributed by atoms with Crippen molar-refractivity contribution >= 4 is 35.8 Å². The third kappa shape index (κ3) is 5.16. The highest BCUT2D eigenvalue weighted by Gasteiger charge is 2.36. The Hall–Kier alpha value is -1.17. The summed E-state index contributed by atoms with van der Waals surface area (Å²) in [5.41, 5.74) is 2.20. The van der Waals surface area contributed by atoms with Crippen LogP contribution in [0.15, 0.2) is 47.1 Å². The number of nitrogens with zero attached hydrogens (tertiary/aromatic N) is 1. The topological polar surface area (TPSA) is 34.1 Å². The van der Waals surface area contributed by atoms with Gasteiger partial charge in [-0.3, -0.25) is 0 Å². The molecule has 0 aliphatic carbocycles. The largest absolute Gasteiger partial charge is 0.413 e. The monoisotopic (exact) mass is 392 g/mol. The molecule has 1 aromatic carbocycles.